The monoisotopic (exact) mass is 498 g/mol. The summed E-state index contributed by atoms with van der Waals surface area (Å²) in [4.78, 5) is 29.8. The van der Waals surface area contributed by atoms with E-state index in [0.29, 0.717) is 23.1 Å². The molecule has 0 saturated heterocycles. The Hall–Kier alpha value is -2.82. The molecular weight excluding hydrogens is 464 g/mol. The number of methoxy groups -OCH3 is 1. The number of carbonyl (C=O) groups is 1. The van der Waals surface area contributed by atoms with E-state index in [4.69, 9.17) is 9.47 Å². The minimum atomic E-state index is -0.0781. The first-order valence-electron chi connectivity index (χ1n) is 12.0. The number of nitrogens with one attached hydrogen (secondary N) is 2. The molecule has 0 spiro atoms. The zero-order valence-electron chi connectivity index (χ0n) is 20.8. The number of amides is 1. The fourth-order valence-corrected chi connectivity index (χ4v) is 5.41. The van der Waals surface area contributed by atoms with E-state index < -0.39 is 0 Å². The van der Waals surface area contributed by atoms with Crippen LogP contribution in [-0.4, -0.2) is 72.3 Å². The average Bonchev–Trinajstić information content (AvgIpc) is 3.20. The van der Waals surface area contributed by atoms with Gasteiger partial charge in [0.25, 0.3) is 5.91 Å². The molecule has 3 heterocycles. The van der Waals surface area contributed by atoms with E-state index in [1.54, 1.807) is 13.3 Å². The van der Waals surface area contributed by atoms with Gasteiger partial charge in [0, 0.05) is 26.3 Å². The summed E-state index contributed by atoms with van der Waals surface area (Å²) in [6, 6.07) is 3.78. The van der Waals surface area contributed by atoms with E-state index in [1.807, 2.05) is 33.2 Å². The third-order valence-corrected chi connectivity index (χ3v) is 7.41. The highest BCUT2D eigenvalue weighted by Gasteiger charge is 2.25. The zero-order valence-corrected chi connectivity index (χ0v) is 21.7. The SMILES string of the molecule is COC1CCCC(Oc2ncccc2Nc2ncnc3sc(C(=O)NCCCN(C)C)c(C)c23)C1. The number of anilines is 2. The van der Waals surface area contributed by atoms with E-state index in [9.17, 15) is 4.79 Å². The first-order valence-corrected chi connectivity index (χ1v) is 12.9. The largest absolute Gasteiger partial charge is 0.473 e. The van der Waals surface area contributed by atoms with E-state index in [0.717, 1.165) is 60.1 Å². The van der Waals surface area contributed by atoms with Gasteiger partial charge in [0.2, 0.25) is 5.88 Å². The number of nitrogens with zero attached hydrogens (tertiary/aromatic N) is 4. The fraction of sp³-hybridized carbons (Fsp3) is 0.520. The third kappa shape index (κ3) is 6.25. The lowest BCUT2D eigenvalue weighted by atomic mass is 9.95. The van der Waals surface area contributed by atoms with Gasteiger partial charge in [0.15, 0.2) is 0 Å². The minimum absolute atomic E-state index is 0.0558. The Morgan fingerprint density at radius 2 is 2.06 bits per heavy atom. The Morgan fingerprint density at radius 3 is 2.86 bits per heavy atom. The number of carbonyl (C=O) groups excluding carboxylic acids is 1. The molecule has 35 heavy (non-hydrogen) atoms. The number of rotatable bonds is 10. The number of aryl methyl sites for hydroxylation is 1. The Bertz CT molecular complexity index is 1150. The van der Waals surface area contributed by atoms with Crippen molar-refractivity contribution in [3.05, 3.63) is 35.1 Å². The molecule has 1 saturated carbocycles. The van der Waals surface area contributed by atoms with Crippen LogP contribution >= 0.6 is 11.3 Å². The second-order valence-electron chi connectivity index (χ2n) is 9.12. The molecule has 2 N–H and O–H groups in total. The summed E-state index contributed by atoms with van der Waals surface area (Å²) >= 11 is 1.38. The molecule has 188 valence electrons. The van der Waals surface area contributed by atoms with Crippen LogP contribution in [-0.2, 0) is 4.74 Å². The van der Waals surface area contributed by atoms with Crippen molar-refractivity contribution in [3.63, 3.8) is 0 Å². The third-order valence-electron chi connectivity index (χ3n) is 6.21. The minimum Gasteiger partial charge on any atom is -0.473 e. The molecule has 1 aliphatic carbocycles. The number of aromatic nitrogens is 3. The average molecular weight is 499 g/mol. The highest BCUT2D eigenvalue weighted by atomic mass is 32.1. The molecule has 0 bridgehead atoms. The van der Waals surface area contributed by atoms with Crippen molar-refractivity contribution in [1.29, 1.82) is 0 Å². The lowest BCUT2D eigenvalue weighted by Crippen LogP contribution is -2.29. The van der Waals surface area contributed by atoms with Crippen LogP contribution in [0.4, 0.5) is 11.5 Å². The topological polar surface area (TPSA) is 101 Å². The quantitative estimate of drug-likeness (QED) is 0.402. The van der Waals surface area contributed by atoms with Gasteiger partial charge in [-0.2, -0.15) is 0 Å². The van der Waals surface area contributed by atoms with Gasteiger partial charge in [-0.3, -0.25) is 4.79 Å². The van der Waals surface area contributed by atoms with E-state index in [-0.39, 0.29) is 18.1 Å². The molecular formula is C25H34N6O3S. The molecule has 1 fully saturated rings. The predicted molar refractivity (Wildman–Crippen MR) is 139 cm³/mol. The van der Waals surface area contributed by atoms with Crippen molar-refractivity contribution in [2.45, 2.75) is 51.2 Å². The van der Waals surface area contributed by atoms with E-state index in [2.05, 4.69) is 30.5 Å². The van der Waals surface area contributed by atoms with E-state index in [1.165, 1.54) is 17.7 Å². The van der Waals surface area contributed by atoms with Crippen molar-refractivity contribution in [3.8, 4) is 5.88 Å². The molecule has 3 aromatic heterocycles. The first-order chi connectivity index (χ1) is 17.0. The van der Waals surface area contributed by atoms with Crippen LogP contribution in [0, 0.1) is 6.92 Å². The van der Waals surface area contributed by atoms with Crippen molar-refractivity contribution < 1.29 is 14.3 Å². The summed E-state index contributed by atoms with van der Waals surface area (Å²) in [7, 11) is 5.80. The summed E-state index contributed by atoms with van der Waals surface area (Å²) in [6.45, 7) is 3.49. The number of ether oxygens (including phenoxy) is 2. The van der Waals surface area contributed by atoms with Crippen LogP contribution in [0.5, 0.6) is 5.88 Å². The summed E-state index contributed by atoms with van der Waals surface area (Å²) < 4.78 is 11.8. The molecule has 3 aromatic rings. The maximum Gasteiger partial charge on any atom is 0.261 e. The van der Waals surface area contributed by atoms with Gasteiger partial charge in [-0.1, -0.05) is 0 Å². The molecule has 1 aliphatic rings. The molecule has 2 unspecified atom stereocenters. The highest BCUT2D eigenvalue weighted by molar-refractivity contribution is 7.20. The van der Waals surface area contributed by atoms with Gasteiger partial charge in [-0.05, 0) is 70.9 Å². The van der Waals surface area contributed by atoms with Crippen molar-refractivity contribution in [2.24, 2.45) is 0 Å². The normalized spacial score (nSPS) is 18.1. The molecule has 1 amide bonds. The number of hydrogen-bond acceptors (Lipinski definition) is 9. The number of thiophene rings is 1. The zero-order chi connectivity index (χ0) is 24.8. The number of pyridine rings is 1. The van der Waals surface area contributed by atoms with Crippen LogP contribution in [0.3, 0.4) is 0 Å². The van der Waals surface area contributed by atoms with Gasteiger partial charge in [0.1, 0.15) is 28.8 Å². The van der Waals surface area contributed by atoms with Gasteiger partial charge in [0.05, 0.1) is 16.4 Å². The van der Waals surface area contributed by atoms with Crippen molar-refractivity contribution >= 4 is 39.0 Å². The van der Waals surface area contributed by atoms with E-state index >= 15 is 0 Å². The summed E-state index contributed by atoms with van der Waals surface area (Å²) in [5.74, 6) is 1.09. The summed E-state index contributed by atoms with van der Waals surface area (Å²) in [5, 5.41) is 7.25. The fourth-order valence-electron chi connectivity index (χ4n) is 4.35. The van der Waals surface area contributed by atoms with Crippen LogP contribution in [0.2, 0.25) is 0 Å². The molecule has 2 atom stereocenters. The first kappa shape index (κ1) is 25.3. The molecule has 0 radical (unpaired) electrons. The predicted octanol–water partition coefficient (Wildman–Crippen LogP) is 4.16. The molecule has 9 nitrogen and oxygen atoms in total. The Morgan fingerprint density at radius 1 is 1.23 bits per heavy atom. The smallest absolute Gasteiger partial charge is 0.261 e. The summed E-state index contributed by atoms with van der Waals surface area (Å²) in [5.41, 5.74) is 1.59. The second kappa shape index (κ2) is 11.7. The van der Waals surface area contributed by atoms with Crippen LogP contribution in [0.25, 0.3) is 10.2 Å². The molecule has 0 aromatic carbocycles. The van der Waals surface area contributed by atoms with Gasteiger partial charge in [-0.15, -0.1) is 11.3 Å². The Kier molecular flexibility index (Phi) is 8.48. The Labute approximate surface area is 210 Å². The lowest BCUT2D eigenvalue weighted by Gasteiger charge is -2.28. The number of hydrogen-bond donors (Lipinski definition) is 2. The van der Waals surface area contributed by atoms with Crippen LogP contribution in [0.15, 0.2) is 24.7 Å². The molecule has 10 heteroatoms. The molecule has 4 rings (SSSR count). The maximum atomic E-state index is 12.9. The maximum absolute atomic E-state index is 12.9. The van der Waals surface area contributed by atoms with Crippen LogP contribution < -0.4 is 15.4 Å². The lowest BCUT2D eigenvalue weighted by molar-refractivity contribution is 0.0198. The second-order valence-corrected chi connectivity index (χ2v) is 10.1. The Balaban J connectivity index is 1.53. The van der Waals surface area contributed by atoms with Gasteiger partial charge >= 0.3 is 0 Å². The van der Waals surface area contributed by atoms with Crippen molar-refractivity contribution in [2.75, 3.05) is 39.6 Å². The van der Waals surface area contributed by atoms with Gasteiger partial charge < -0.3 is 25.0 Å². The van der Waals surface area contributed by atoms with Crippen molar-refractivity contribution in [1.82, 2.24) is 25.2 Å². The van der Waals surface area contributed by atoms with Gasteiger partial charge in [-0.25, -0.2) is 15.0 Å². The standard InChI is InChI=1S/C25H34N6O3S/c1-16-20-22(28-15-29-25(20)35-21(16)23(32)26-12-7-13-31(2)3)30-19-10-6-11-27-24(19)34-18-9-5-8-17(14-18)33-4/h6,10-11,15,17-18H,5,7-9,12-14H2,1-4H3,(H,26,32)(H,28,29,30). The highest BCUT2D eigenvalue weighted by Crippen LogP contribution is 2.36. The number of fused-ring (bicyclic) bond motifs is 1. The summed E-state index contributed by atoms with van der Waals surface area (Å²) in [6.07, 6.45) is 8.36. The molecule has 0 aliphatic heterocycles. The van der Waals surface area contributed by atoms with Crippen LogP contribution in [0.1, 0.15) is 47.3 Å².